The number of carbonyl (C=O) groups excluding carboxylic acids is 2. The van der Waals surface area contributed by atoms with Gasteiger partial charge in [-0.1, -0.05) is 54.6 Å². The lowest BCUT2D eigenvalue weighted by Gasteiger charge is -2.31. The number of fused-ring (bicyclic) bond motifs is 1. The second kappa shape index (κ2) is 5.89. The van der Waals surface area contributed by atoms with Crippen molar-refractivity contribution in [2.45, 2.75) is 31.1 Å². The summed E-state index contributed by atoms with van der Waals surface area (Å²) in [5, 5.41) is 1.29. The first kappa shape index (κ1) is 15.7. The lowest BCUT2D eigenvalue weighted by molar-refractivity contribution is -0.210. The van der Waals surface area contributed by atoms with Gasteiger partial charge in [-0.3, -0.25) is 9.63 Å². The summed E-state index contributed by atoms with van der Waals surface area (Å²) in [4.78, 5) is 30.1. The van der Waals surface area contributed by atoms with Crippen LogP contribution in [0.25, 0.3) is 0 Å². The molecule has 0 aromatic heterocycles. The van der Waals surface area contributed by atoms with Gasteiger partial charge in [0, 0.05) is 12.3 Å². The third-order valence-corrected chi connectivity index (χ3v) is 4.79. The molecule has 1 aliphatic carbocycles. The van der Waals surface area contributed by atoms with Crippen LogP contribution in [-0.4, -0.2) is 22.7 Å². The van der Waals surface area contributed by atoms with Crippen LogP contribution >= 0.6 is 0 Å². The van der Waals surface area contributed by atoms with Crippen molar-refractivity contribution in [1.82, 2.24) is 5.06 Å². The largest absolute Gasteiger partial charge is 0.432 e. The number of hydrogen-bond acceptors (Lipinski definition) is 4. The zero-order valence-corrected chi connectivity index (χ0v) is 13.6. The van der Waals surface area contributed by atoms with Crippen LogP contribution in [0.5, 0.6) is 0 Å². The predicted molar refractivity (Wildman–Crippen MR) is 89.0 cm³/mol. The molecule has 1 aliphatic heterocycles. The quantitative estimate of drug-likeness (QED) is 0.932. The van der Waals surface area contributed by atoms with Crippen LogP contribution in [0.15, 0.2) is 54.6 Å². The van der Waals surface area contributed by atoms with Crippen molar-refractivity contribution >= 4 is 12.0 Å². The van der Waals surface area contributed by atoms with Gasteiger partial charge in [0.05, 0.1) is 6.54 Å². The first-order chi connectivity index (χ1) is 12.1. The highest BCUT2D eigenvalue weighted by molar-refractivity contribution is 5.92. The first-order valence-electron chi connectivity index (χ1n) is 8.15. The second-order valence-electron chi connectivity index (χ2n) is 6.36. The highest BCUT2D eigenvalue weighted by Gasteiger charge is 2.66. The van der Waals surface area contributed by atoms with E-state index >= 15 is 0 Å². The number of amides is 2. The summed E-state index contributed by atoms with van der Waals surface area (Å²) in [7, 11) is 0. The molecule has 4 rings (SSSR count). The number of hydroxylamine groups is 2. The molecule has 128 valence electrons. The number of rotatable bonds is 3. The molecule has 2 amide bonds. The highest BCUT2D eigenvalue weighted by atomic mass is 16.7. The van der Waals surface area contributed by atoms with Gasteiger partial charge >= 0.3 is 6.09 Å². The number of hydrogen-bond donors (Lipinski definition) is 1. The van der Waals surface area contributed by atoms with E-state index in [-0.39, 0.29) is 11.8 Å². The molecule has 2 aromatic carbocycles. The Morgan fingerprint density at radius 1 is 1.08 bits per heavy atom. The predicted octanol–water partition coefficient (Wildman–Crippen LogP) is 2.48. The van der Waals surface area contributed by atoms with E-state index in [1.165, 1.54) is 5.06 Å². The van der Waals surface area contributed by atoms with Crippen LogP contribution in [0, 0.1) is 0 Å². The van der Waals surface area contributed by atoms with Gasteiger partial charge < -0.3 is 10.5 Å². The summed E-state index contributed by atoms with van der Waals surface area (Å²) >= 11 is 0. The fourth-order valence-electron chi connectivity index (χ4n) is 3.43. The summed E-state index contributed by atoms with van der Waals surface area (Å²) in [5.41, 5.74) is 6.96. The van der Waals surface area contributed by atoms with E-state index in [1.807, 2.05) is 54.6 Å². The van der Waals surface area contributed by atoms with E-state index in [0.717, 1.165) is 16.7 Å². The molecule has 0 saturated heterocycles. The molecule has 1 fully saturated rings. The smallest absolute Gasteiger partial charge is 0.405 e. The normalized spacial score (nSPS) is 24.3. The van der Waals surface area contributed by atoms with Gasteiger partial charge in [-0.15, -0.1) is 0 Å². The van der Waals surface area contributed by atoms with E-state index in [0.29, 0.717) is 19.6 Å². The summed E-state index contributed by atoms with van der Waals surface area (Å²) in [6, 6.07) is 17.3. The van der Waals surface area contributed by atoms with Crippen LogP contribution in [0.2, 0.25) is 0 Å². The average molecular weight is 338 g/mol. The van der Waals surface area contributed by atoms with Crippen LogP contribution < -0.4 is 5.73 Å². The Kier molecular flexibility index (Phi) is 3.69. The van der Waals surface area contributed by atoms with E-state index in [9.17, 15) is 9.59 Å². The molecule has 6 heteroatoms. The maximum absolute atomic E-state index is 13.1. The molecule has 1 saturated carbocycles. The molecule has 25 heavy (non-hydrogen) atoms. The molecule has 2 N–H and O–H groups in total. The highest BCUT2D eigenvalue weighted by Crippen LogP contribution is 2.55. The summed E-state index contributed by atoms with van der Waals surface area (Å²) in [6.45, 7) is 0.630. The molecule has 0 bridgehead atoms. The van der Waals surface area contributed by atoms with Crippen LogP contribution in [0.1, 0.15) is 29.0 Å². The zero-order chi connectivity index (χ0) is 17.4. The Bertz CT molecular complexity index is 823. The van der Waals surface area contributed by atoms with Gasteiger partial charge in [-0.05, 0) is 16.7 Å². The molecule has 2 aliphatic rings. The van der Waals surface area contributed by atoms with Gasteiger partial charge in [-0.25, -0.2) is 9.86 Å². The number of benzene rings is 2. The van der Waals surface area contributed by atoms with E-state index in [4.69, 9.17) is 15.3 Å². The molecule has 2 aromatic rings. The molecule has 0 spiro atoms. The summed E-state index contributed by atoms with van der Waals surface area (Å²) < 4.78 is 5.29. The molecule has 2 atom stereocenters. The summed E-state index contributed by atoms with van der Waals surface area (Å²) in [6.07, 6.45) is -0.551. The van der Waals surface area contributed by atoms with Crippen molar-refractivity contribution in [2.24, 2.45) is 5.73 Å². The van der Waals surface area contributed by atoms with Crippen molar-refractivity contribution in [3.05, 3.63) is 71.3 Å². The van der Waals surface area contributed by atoms with Gasteiger partial charge in [-0.2, -0.15) is 0 Å². The molecule has 2 unspecified atom stereocenters. The standard InChI is InChI=1S/C19H18N2O4/c20-18(23)25-19(10-16(19)13-6-2-1-3-7-13)17(22)21-11-14-8-4-5-9-15(14)12-24-21/h1-9,16H,10-12H2,(H2,20,23). The topological polar surface area (TPSA) is 81.9 Å². The maximum atomic E-state index is 13.1. The van der Waals surface area contributed by atoms with E-state index in [1.54, 1.807) is 0 Å². The average Bonchev–Trinajstić information content (AvgIpc) is 3.36. The number of nitrogens with zero attached hydrogens (tertiary/aromatic N) is 1. The van der Waals surface area contributed by atoms with Crippen molar-refractivity contribution in [3.63, 3.8) is 0 Å². The Morgan fingerprint density at radius 2 is 1.76 bits per heavy atom. The zero-order valence-electron chi connectivity index (χ0n) is 13.6. The lowest BCUT2D eigenvalue weighted by atomic mass is 10.1. The first-order valence-corrected chi connectivity index (χ1v) is 8.15. The Morgan fingerprint density at radius 3 is 2.48 bits per heavy atom. The number of nitrogens with two attached hydrogens (primary N) is 1. The minimum absolute atomic E-state index is 0.213. The third kappa shape index (κ3) is 2.74. The Hall–Kier alpha value is -2.86. The van der Waals surface area contributed by atoms with E-state index < -0.39 is 11.7 Å². The molecule has 0 radical (unpaired) electrons. The molecule has 6 nitrogen and oxygen atoms in total. The van der Waals surface area contributed by atoms with E-state index in [2.05, 4.69) is 0 Å². The molecular formula is C19H18N2O4. The summed E-state index contributed by atoms with van der Waals surface area (Å²) in [5.74, 6) is -0.580. The van der Waals surface area contributed by atoms with Gasteiger partial charge in [0.25, 0.3) is 5.91 Å². The van der Waals surface area contributed by atoms with Gasteiger partial charge in [0.2, 0.25) is 5.60 Å². The fourth-order valence-corrected chi connectivity index (χ4v) is 3.43. The Balaban J connectivity index is 1.59. The SMILES string of the molecule is NC(=O)OC1(C(=O)N2Cc3ccccc3CO2)CC1c1ccccc1. The van der Waals surface area contributed by atoms with Crippen LogP contribution in [0.4, 0.5) is 4.79 Å². The third-order valence-electron chi connectivity index (χ3n) is 4.79. The van der Waals surface area contributed by atoms with Gasteiger partial charge in [0.15, 0.2) is 0 Å². The lowest BCUT2D eigenvalue weighted by Crippen LogP contribution is -2.45. The van der Waals surface area contributed by atoms with Crippen molar-refractivity contribution in [2.75, 3.05) is 0 Å². The molecular weight excluding hydrogens is 320 g/mol. The van der Waals surface area contributed by atoms with Crippen LogP contribution in [0.3, 0.4) is 0 Å². The minimum Gasteiger partial charge on any atom is -0.432 e. The monoisotopic (exact) mass is 338 g/mol. The molecule has 1 heterocycles. The minimum atomic E-state index is -1.28. The van der Waals surface area contributed by atoms with Crippen molar-refractivity contribution < 1.29 is 19.2 Å². The van der Waals surface area contributed by atoms with Crippen molar-refractivity contribution in [1.29, 1.82) is 0 Å². The Labute approximate surface area is 145 Å². The second-order valence-corrected chi connectivity index (χ2v) is 6.36. The maximum Gasteiger partial charge on any atom is 0.405 e. The van der Waals surface area contributed by atoms with Gasteiger partial charge in [0.1, 0.15) is 6.61 Å². The van der Waals surface area contributed by atoms with Crippen molar-refractivity contribution in [3.8, 4) is 0 Å². The number of carbonyl (C=O) groups is 2. The van der Waals surface area contributed by atoms with Crippen LogP contribution in [-0.2, 0) is 27.5 Å². The fraction of sp³-hybridized carbons (Fsp3) is 0.263. The number of ether oxygens (including phenoxy) is 1. The number of primary amides is 1.